The molecule has 0 aliphatic carbocycles. The van der Waals surface area contributed by atoms with E-state index in [0.29, 0.717) is 18.9 Å². The largest absolute Gasteiger partial charge is 0.462 e. The normalized spacial score (nSPS) is 13.9. The molecule has 0 N–H and O–H groups in total. The lowest BCUT2D eigenvalue weighted by atomic mass is 10.0. The first-order valence-electron chi connectivity index (χ1n) is 26.7. The molecule has 1 aliphatic heterocycles. The van der Waals surface area contributed by atoms with E-state index in [4.69, 9.17) is 14.2 Å². The van der Waals surface area contributed by atoms with Crippen molar-refractivity contribution in [2.45, 2.75) is 303 Å². The first kappa shape index (κ1) is 55.9. The SMILES string of the molecule is CCCCCCCCC(CCCCCCCC)OC(=O)CCCCCCCN(CCCCCCCC(=O)OC(CCCCCCCC)CCCCCCCC)CC1CO1. The van der Waals surface area contributed by atoms with Gasteiger partial charge in [0.1, 0.15) is 12.2 Å². The highest BCUT2D eigenvalue weighted by atomic mass is 16.6. The Kier molecular flexibility index (Phi) is 41.2. The van der Waals surface area contributed by atoms with E-state index in [2.05, 4.69) is 32.6 Å². The van der Waals surface area contributed by atoms with Gasteiger partial charge in [0.05, 0.1) is 12.7 Å². The standard InChI is InChI=1S/C53H103NO5/c1-5-9-13-17-23-31-39-49(40-32-24-18-14-10-6-2)58-52(55)43-35-27-21-29-37-45-54(47-51-48-57-51)46-38-30-22-28-36-44-53(56)59-50(41-33-25-19-15-11-7-3)42-34-26-20-16-12-8-4/h49-51H,5-48H2,1-4H3. The van der Waals surface area contributed by atoms with E-state index in [-0.39, 0.29) is 24.1 Å². The Morgan fingerprint density at radius 2 is 0.695 bits per heavy atom. The highest BCUT2D eigenvalue weighted by molar-refractivity contribution is 5.69. The fourth-order valence-corrected chi connectivity index (χ4v) is 8.65. The average Bonchev–Trinajstić information content (AvgIpc) is 4.05. The number of ether oxygens (including phenoxy) is 3. The van der Waals surface area contributed by atoms with Gasteiger partial charge in [0.15, 0.2) is 0 Å². The highest BCUT2D eigenvalue weighted by Gasteiger charge is 2.25. The van der Waals surface area contributed by atoms with Gasteiger partial charge < -0.3 is 19.1 Å². The second-order valence-electron chi connectivity index (χ2n) is 18.7. The fourth-order valence-electron chi connectivity index (χ4n) is 8.65. The van der Waals surface area contributed by atoms with Gasteiger partial charge in [-0.2, -0.15) is 0 Å². The molecule has 0 aromatic carbocycles. The van der Waals surface area contributed by atoms with Crippen LogP contribution in [0.1, 0.15) is 285 Å². The summed E-state index contributed by atoms with van der Waals surface area (Å²) in [5.74, 6) is 0.0718. The van der Waals surface area contributed by atoms with Crippen LogP contribution in [0.4, 0.5) is 0 Å². The number of carbonyl (C=O) groups is 2. The van der Waals surface area contributed by atoms with Gasteiger partial charge in [0.2, 0.25) is 0 Å². The fraction of sp³-hybridized carbons (Fsp3) is 0.962. The third kappa shape index (κ3) is 39.5. The van der Waals surface area contributed by atoms with Gasteiger partial charge in [-0.1, -0.05) is 195 Å². The van der Waals surface area contributed by atoms with E-state index in [9.17, 15) is 9.59 Å². The van der Waals surface area contributed by atoms with Crippen molar-refractivity contribution in [1.82, 2.24) is 4.90 Å². The first-order chi connectivity index (χ1) is 29.0. The molecule has 1 rings (SSSR count). The van der Waals surface area contributed by atoms with E-state index in [0.717, 1.165) is 77.6 Å². The van der Waals surface area contributed by atoms with Gasteiger partial charge in [-0.25, -0.2) is 0 Å². The molecule has 0 bridgehead atoms. The summed E-state index contributed by atoms with van der Waals surface area (Å²) in [5, 5.41) is 0. The van der Waals surface area contributed by atoms with Gasteiger partial charge in [-0.3, -0.25) is 9.59 Å². The molecular weight excluding hydrogens is 731 g/mol. The quantitative estimate of drug-likeness (QED) is 0.0346. The van der Waals surface area contributed by atoms with Crippen LogP contribution in [-0.2, 0) is 23.8 Å². The van der Waals surface area contributed by atoms with Crippen LogP contribution in [0.3, 0.4) is 0 Å². The highest BCUT2D eigenvalue weighted by Crippen LogP contribution is 2.21. The van der Waals surface area contributed by atoms with Crippen LogP contribution in [-0.4, -0.2) is 61.4 Å². The number of esters is 2. The van der Waals surface area contributed by atoms with Gasteiger partial charge in [0, 0.05) is 19.4 Å². The van der Waals surface area contributed by atoms with Crippen LogP contribution in [0.25, 0.3) is 0 Å². The third-order valence-electron chi connectivity index (χ3n) is 12.7. The van der Waals surface area contributed by atoms with Crippen molar-refractivity contribution in [3.8, 4) is 0 Å². The zero-order chi connectivity index (χ0) is 42.7. The van der Waals surface area contributed by atoms with Gasteiger partial charge >= 0.3 is 11.9 Å². The number of rotatable bonds is 48. The molecular formula is C53H103NO5. The Hall–Kier alpha value is -1.14. The van der Waals surface area contributed by atoms with E-state index < -0.39 is 0 Å². The molecule has 1 fully saturated rings. The van der Waals surface area contributed by atoms with Crippen LogP contribution in [0.2, 0.25) is 0 Å². The summed E-state index contributed by atoms with van der Waals surface area (Å²) >= 11 is 0. The van der Waals surface area contributed by atoms with E-state index in [1.807, 2.05) is 0 Å². The van der Waals surface area contributed by atoms with Crippen molar-refractivity contribution in [2.24, 2.45) is 0 Å². The molecule has 1 aliphatic rings. The molecule has 0 amide bonds. The van der Waals surface area contributed by atoms with Crippen LogP contribution in [0, 0.1) is 0 Å². The summed E-state index contributed by atoms with van der Waals surface area (Å²) in [4.78, 5) is 28.2. The van der Waals surface area contributed by atoms with Crippen LogP contribution >= 0.6 is 0 Å². The van der Waals surface area contributed by atoms with Crippen molar-refractivity contribution in [2.75, 3.05) is 26.2 Å². The number of unbranched alkanes of at least 4 members (excludes halogenated alkanes) is 28. The van der Waals surface area contributed by atoms with E-state index in [1.165, 1.54) is 193 Å². The summed E-state index contributed by atoms with van der Waals surface area (Å²) in [7, 11) is 0. The molecule has 1 saturated heterocycles. The van der Waals surface area contributed by atoms with Gasteiger partial charge in [-0.15, -0.1) is 0 Å². The number of epoxide rings is 1. The monoisotopic (exact) mass is 834 g/mol. The molecule has 1 atom stereocenters. The summed E-state index contributed by atoms with van der Waals surface area (Å²) in [6.45, 7) is 13.4. The molecule has 0 spiro atoms. The second-order valence-corrected chi connectivity index (χ2v) is 18.7. The second kappa shape index (κ2) is 43.5. The number of hydrogen-bond acceptors (Lipinski definition) is 6. The number of carbonyl (C=O) groups excluding carboxylic acids is 2. The van der Waals surface area contributed by atoms with E-state index >= 15 is 0 Å². The zero-order valence-corrected chi connectivity index (χ0v) is 40.3. The molecule has 1 heterocycles. The van der Waals surface area contributed by atoms with Crippen molar-refractivity contribution in [1.29, 1.82) is 0 Å². The summed E-state index contributed by atoms with van der Waals surface area (Å²) in [6, 6.07) is 0. The lowest BCUT2D eigenvalue weighted by molar-refractivity contribution is -0.151. The maximum absolute atomic E-state index is 12.8. The van der Waals surface area contributed by atoms with Crippen LogP contribution in [0.5, 0.6) is 0 Å². The Balaban J connectivity index is 2.23. The van der Waals surface area contributed by atoms with Gasteiger partial charge in [-0.05, 0) is 90.1 Å². The smallest absolute Gasteiger partial charge is 0.306 e. The molecule has 1 unspecified atom stereocenters. The Labute approximate surface area is 368 Å². The molecule has 6 nitrogen and oxygen atoms in total. The number of nitrogens with zero attached hydrogens (tertiary/aromatic N) is 1. The molecule has 0 aromatic rings. The minimum Gasteiger partial charge on any atom is -0.462 e. The Morgan fingerprint density at radius 1 is 0.424 bits per heavy atom. The Bertz CT molecular complexity index is 797. The lowest BCUT2D eigenvalue weighted by Crippen LogP contribution is -2.30. The summed E-state index contributed by atoms with van der Waals surface area (Å²) in [6.07, 6.45) is 48.4. The number of hydrogen-bond donors (Lipinski definition) is 0. The molecule has 350 valence electrons. The van der Waals surface area contributed by atoms with E-state index in [1.54, 1.807) is 0 Å². The van der Waals surface area contributed by atoms with Crippen molar-refractivity contribution in [3.63, 3.8) is 0 Å². The molecule has 0 saturated carbocycles. The zero-order valence-electron chi connectivity index (χ0n) is 40.3. The third-order valence-corrected chi connectivity index (χ3v) is 12.7. The van der Waals surface area contributed by atoms with Gasteiger partial charge in [0.25, 0.3) is 0 Å². The average molecular weight is 834 g/mol. The molecule has 0 aromatic heterocycles. The summed E-state index contributed by atoms with van der Waals surface area (Å²) in [5.41, 5.74) is 0. The van der Waals surface area contributed by atoms with Crippen molar-refractivity contribution < 1.29 is 23.8 Å². The van der Waals surface area contributed by atoms with Crippen molar-refractivity contribution in [3.05, 3.63) is 0 Å². The minimum absolute atomic E-state index is 0.0359. The topological polar surface area (TPSA) is 68.4 Å². The van der Waals surface area contributed by atoms with Crippen LogP contribution in [0.15, 0.2) is 0 Å². The lowest BCUT2D eigenvalue weighted by Gasteiger charge is -2.21. The first-order valence-corrected chi connectivity index (χ1v) is 26.7. The molecule has 6 heteroatoms. The maximum atomic E-state index is 12.8. The summed E-state index contributed by atoms with van der Waals surface area (Å²) < 4.78 is 17.7. The molecule has 59 heavy (non-hydrogen) atoms. The van der Waals surface area contributed by atoms with Crippen LogP contribution < -0.4 is 0 Å². The Morgan fingerprint density at radius 3 is 1.00 bits per heavy atom. The van der Waals surface area contributed by atoms with Crippen molar-refractivity contribution >= 4 is 11.9 Å². The predicted molar refractivity (Wildman–Crippen MR) is 253 cm³/mol. The minimum atomic E-state index is 0.0359. The molecule has 0 radical (unpaired) electrons. The maximum Gasteiger partial charge on any atom is 0.306 e. The predicted octanol–water partition coefficient (Wildman–Crippen LogP) is 16.2.